The maximum atomic E-state index is 12.2. The molecule has 0 spiro atoms. The van der Waals surface area contributed by atoms with Gasteiger partial charge in [-0.2, -0.15) is 0 Å². The molecule has 1 fully saturated rings. The summed E-state index contributed by atoms with van der Waals surface area (Å²) in [5, 5.41) is 10.3. The number of β-amino-alcohol motifs (C(OH)–C–C–N with tert-alkyl or cyclic N) is 1. The maximum absolute atomic E-state index is 12.2. The number of furan rings is 1. The second-order valence-electron chi connectivity index (χ2n) is 4.80. The third kappa shape index (κ3) is 3.16. The number of amides is 2. The highest BCUT2D eigenvalue weighted by Crippen LogP contribution is 2.27. The van der Waals surface area contributed by atoms with E-state index in [1.165, 1.54) is 11.2 Å². The van der Waals surface area contributed by atoms with Crippen molar-refractivity contribution >= 4 is 27.7 Å². The molecular formula is C12H15BrN2O4. The zero-order valence-electron chi connectivity index (χ0n) is 10.3. The lowest BCUT2D eigenvalue weighted by atomic mass is 9.89. The van der Waals surface area contributed by atoms with E-state index in [0.29, 0.717) is 23.9 Å². The Bertz CT molecular complexity index is 502. The van der Waals surface area contributed by atoms with E-state index in [0.717, 1.165) is 0 Å². The van der Waals surface area contributed by atoms with E-state index in [-0.39, 0.29) is 24.6 Å². The topological polar surface area (TPSA) is 96.8 Å². The summed E-state index contributed by atoms with van der Waals surface area (Å²) in [7, 11) is 0. The number of rotatable bonds is 3. The minimum atomic E-state index is -1.24. The van der Waals surface area contributed by atoms with E-state index in [4.69, 9.17) is 10.2 Å². The van der Waals surface area contributed by atoms with Gasteiger partial charge in [-0.05, 0) is 34.8 Å². The smallest absolute Gasteiger partial charge is 0.290 e. The molecule has 2 amide bonds. The normalized spacial score (nSPS) is 23.4. The Morgan fingerprint density at radius 2 is 2.32 bits per heavy atom. The van der Waals surface area contributed by atoms with Gasteiger partial charge in [0.1, 0.15) is 0 Å². The van der Waals surface area contributed by atoms with Gasteiger partial charge >= 0.3 is 0 Å². The molecule has 1 aromatic heterocycles. The Kier molecular flexibility index (Phi) is 3.96. The SMILES string of the molecule is NC(=O)CC1(O)CCCN(C(=O)c2occc2Br)C1. The van der Waals surface area contributed by atoms with Crippen LogP contribution in [0.25, 0.3) is 0 Å². The molecule has 3 N–H and O–H groups in total. The highest BCUT2D eigenvalue weighted by atomic mass is 79.9. The molecule has 1 aromatic rings. The van der Waals surface area contributed by atoms with Gasteiger partial charge in [-0.25, -0.2) is 0 Å². The Labute approximate surface area is 118 Å². The molecule has 6 nitrogen and oxygen atoms in total. The number of carbonyl (C=O) groups excluding carboxylic acids is 2. The largest absolute Gasteiger partial charge is 0.458 e. The lowest BCUT2D eigenvalue weighted by Crippen LogP contribution is -2.51. The molecule has 0 radical (unpaired) electrons. The van der Waals surface area contributed by atoms with E-state index >= 15 is 0 Å². The molecule has 0 bridgehead atoms. The van der Waals surface area contributed by atoms with Gasteiger partial charge in [0.15, 0.2) is 0 Å². The summed E-state index contributed by atoms with van der Waals surface area (Å²) in [6.07, 6.45) is 2.35. The molecule has 0 aliphatic carbocycles. The first-order chi connectivity index (χ1) is 8.91. The van der Waals surface area contributed by atoms with E-state index in [1.54, 1.807) is 6.07 Å². The number of hydrogen-bond donors (Lipinski definition) is 2. The first-order valence-corrected chi connectivity index (χ1v) is 6.73. The van der Waals surface area contributed by atoms with Crippen molar-refractivity contribution in [2.24, 2.45) is 5.73 Å². The van der Waals surface area contributed by atoms with Gasteiger partial charge in [0.25, 0.3) is 5.91 Å². The third-order valence-corrected chi connectivity index (χ3v) is 3.78. The average molecular weight is 331 g/mol. The van der Waals surface area contributed by atoms with Gasteiger partial charge < -0.3 is 20.2 Å². The van der Waals surface area contributed by atoms with Crippen LogP contribution in [-0.2, 0) is 4.79 Å². The quantitative estimate of drug-likeness (QED) is 0.859. The maximum Gasteiger partial charge on any atom is 0.290 e. The van der Waals surface area contributed by atoms with Crippen molar-refractivity contribution in [1.82, 2.24) is 4.90 Å². The average Bonchev–Trinajstić information content (AvgIpc) is 2.73. The number of aliphatic hydroxyl groups is 1. The van der Waals surface area contributed by atoms with Gasteiger partial charge in [0.2, 0.25) is 11.7 Å². The first kappa shape index (κ1) is 14.1. The number of halogens is 1. The number of nitrogens with zero attached hydrogens (tertiary/aromatic N) is 1. The highest BCUT2D eigenvalue weighted by molar-refractivity contribution is 9.10. The van der Waals surface area contributed by atoms with Crippen LogP contribution in [0.2, 0.25) is 0 Å². The predicted molar refractivity (Wildman–Crippen MR) is 70.3 cm³/mol. The minimum absolute atomic E-state index is 0.0852. The number of likely N-dealkylation sites (tertiary alicyclic amines) is 1. The Balaban J connectivity index is 2.11. The zero-order valence-corrected chi connectivity index (χ0v) is 11.9. The summed E-state index contributed by atoms with van der Waals surface area (Å²) in [6, 6.07) is 1.63. The van der Waals surface area contributed by atoms with Crippen LogP contribution in [-0.4, -0.2) is 40.5 Å². The summed E-state index contributed by atoms with van der Waals surface area (Å²) in [5.74, 6) is -0.682. The predicted octanol–water partition coefficient (Wildman–Crippen LogP) is 0.885. The standard InChI is InChI=1S/C12H15BrN2O4/c13-8-2-5-19-10(8)11(17)15-4-1-3-12(18,7-15)6-9(14)16/h2,5,18H,1,3-4,6-7H2,(H2,14,16). The second kappa shape index (κ2) is 5.34. The lowest BCUT2D eigenvalue weighted by Gasteiger charge is -2.38. The van der Waals surface area contributed by atoms with Gasteiger partial charge in [0, 0.05) is 6.54 Å². The van der Waals surface area contributed by atoms with Gasteiger partial charge in [0.05, 0.1) is 29.3 Å². The molecule has 0 saturated carbocycles. The Morgan fingerprint density at radius 3 is 2.89 bits per heavy atom. The van der Waals surface area contributed by atoms with Crippen LogP contribution in [0.5, 0.6) is 0 Å². The van der Waals surface area contributed by atoms with E-state index < -0.39 is 11.5 Å². The molecule has 104 valence electrons. The van der Waals surface area contributed by atoms with Crippen molar-refractivity contribution in [3.8, 4) is 0 Å². The van der Waals surface area contributed by atoms with Crippen molar-refractivity contribution in [1.29, 1.82) is 0 Å². The van der Waals surface area contributed by atoms with Crippen LogP contribution in [0.4, 0.5) is 0 Å². The van der Waals surface area contributed by atoms with Gasteiger partial charge in [-0.3, -0.25) is 9.59 Å². The van der Waals surface area contributed by atoms with E-state index in [9.17, 15) is 14.7 Å². The number of piperidine rings is 1. The van der Waals surface area contributed by atoms with Crippen LogP contribution in [0.1, 0.15) is 29.8 Å². The lowest BCUT2D eigenvalue weighted by molar-refractivity contribution is -0.125. The van der Waals surface area contributed by atoms with Crippen LogP contribution >= 0.6 is 15.9 Å². The second-order valence-corrected chi connectivity index (χ2v) is 5.65. The molecule has 7 heteroatoms. The van der Waals surface area contributed by atoms with Crippen LogP contribution in [0.15, 0.2) is 21.2 Å². The number of primary amides is 1. The molecule has 1 aliphatic rings. The zero-order chi connectivity index (χ0) is 14.0. The Morgan fingerprint density at radius 1 is 1.58 bits per heavy atom. The van der Waals surface area contributed by atoms with Crippen molar-refractivity contribution in [2.75, 3.05) is 13.1 Å². The van der Waals surface area contributed by atoms with Gasteiger partial charge in [-0.15, -0.1) is 0 Å². The summed E-state index contributed by atoms with van der Waals surface area (Å²) >= 11 is 3.22. The van der Waals surface area contributed by atoms with Crippen molar-refractivity contribution in [3.05, 3.63) is 22.6 Å². The number of nitrogens with two attached hydrogens (primary N) is 1. The number of hydrogen-bond acceptors (Lipinski definition) is 4. The van der Waals surface area contributed by atoms with Crippen LogP contribution in [0.3, 0.4) is 0 Å². The molecule has 1 atom stereocenters. The molecule has 1 unspecified atom stereocenters. The molecule has 1 saturated heterocycles. The summed E-state index contributed by atoms with van der Waals surface area (Å²) in [4.78, 5) is 24.7. The molecular weight excluding hydrogens is 316 g/mol. The highest BCUT2D eigenvalue weighted by Gasteiger charge is 2.37. The van der Waals surface area contributed by atoms with Crippen molar-refractivity contribution in [3.63, 3.8) is 0 Å². The fraction of sp³-hybridized carbons (Fsp3) is 0.500. The monoisotopic (exact) mass is 330 g/mol. The Hall–Kier alpha value is -1.34. The molecule has 19 heavy (non-hydrogen) atoms. The molecule has 2 rings (SSSR count). The van der Waals surface area contributed by atoms with Crippen molar-refractivity contribution < 1.29 is 19.1 Å². The summed E-state index contributed by atoms with van der Waals surface area (Å²) in [6.45, 7) is 0.606. The third-order valence-electron chi connectivity index (χ3n) is 3.16. The van der Waals surface area contributed by atoms with Crippen molar-refractivity contribution in [2.45, 2.75) is 24.9 Å². The number of carbonyl (C=O) groups is 2. The minimum Gasteiger partial charge on any atom is -0.458 e. The van der Waals surface area contributed by atoms with E-state index in [2.05, 4.69) is 15.9 Å². The summed E-state index contributed by atoms with van der Waals surface area (Å²) < 4.78 is 5.69. The molecule has 2 heterocycles. The van der Waals surface area contributed by atoms with Crippen LogP contribution < -0.4 is 5.73 Å². The molecule has 1 aliphatic heterocycles. The fourth-order valence-corrected chi connectivity index (χ4v) is 2.72. The fourth-order valence-electron chi connectivity index (χ4n) is 2.34. The first-order valence-electron chi connectivity index (χ1n) is 5.94. The summed E-state index contributed by atoms with van der Waals surface area (Å²) in [5.41, 5.74) is 3.88. The van der Waals surface area contributed by atoms with E-state index in [1.807, 2.05) is 0 Å². The van der Waals surface area contributed by atoms with Crippen LogP contribution in [0, 0.1) is 0 Å². The molecule has 0 aromatic carbocycles. The van der Waals surface area contributed by atoms with Gasteiger partial charge in [-0.1, -0.05) is 0 Å².